The zero-order valence-corrected chi connectivity index (χ0v) is 14.3. The molecule has 2 atom stereocenters. The largest absolute Gasteiger partial charge is 0.388 e. The van der Waals surface area contributed by atoms with Crippen LogP contribution >= 0.6 is 0 Å². The molecule has 0 aliphatic carbocycles. The van der Waals surface area contributed by atoms with Gasteiger partial charge in [-0.1, -0.05) is 30.3 Å². The lowest BCUT2D eigenvalue weighted by Crippen LogP contribution is -2.42. The van der Waals surface area contributed by atoms with E-state index in [2.05, 4.69) is 4.90 Å². The summed E-state index contributed by atoms with van der Waals surface area (Å²) in [6.07, 6.45) is 3.15. The molecule has 0 spiro atoms. The topological polar surface area (TPSA) is 53.0 Å². The van der Waals surface area contributed by atoms with Gasteiger partial charge in [0.2, 0.25) is 5.91 Å². The molecule has 0 bridgehead atoms. The molecule has 0 saturated carbocycles. The highest BCUT2D eigenvalue weighted by molar-refractivity contribution is 5.76. The van der Waals surface area contributed by atoms with Crippen LogP contribution in [0.25, 0.3) is 0 Å². The molecular formula is C19H28N2O3. The summed E-state index contributed by atoms with van der Waals surface area (Å²) in [5, 5.41) is 10.5. The van der Waals surface area contributed by atoms with Gasteiger partial charge in [-0.15, -0.1) is 0 Å². The van der Waals surface area contributed by atoms with Crippen LogP contribution in [0.15, 0.2) is 30.3 Å². The number of aliphatic hydroxyl groups excluding tert-OH is 1. The van der Waals surface area contributed by atoms with E-state index in [0.717, 1.165) is 51.0 Å². The fourth-order valence-corrected chi connectivity index (χ4v) is 3.74. The van der Waals surface area contributed by atoms with E-state index in [1.165, 1.54) is 0 Å². The SMILES string of the molecule is O=C(CCN1CCCC1CC(O)c1ccccc1)N1CCOCC1. The third kappa shape index (κ3) is 4.56. The summed E-state index contributed by atoms with van der Waals surface area (Å²) in [5.41, 5.74) is 0.980. The van der Waals surface area contributed by atoms with E-state index in [4.69, 9.17) is 4.74 Å². The van der Waals surface area contributed by atoms with E-state index in [0.29, 0.717) is 25.7 Å². The van der Waals surface area contributed by atoms with Crippen molar-refractivity contribution in [1.29, 1.82) is 0 Å². The molecule has 1 aromatic carbocycles. The van der Waals surface area contributed by atoms with Gasteiger partial charge in [0.15, 0.2) is 0 Å². The monoisotopic (exact) mass is 332 g/mol. The van der Waals surface area contributed by atoms with Crippen molar-refractivity contribution < 1.29 is 14.6 Å². The van der Waals surface area contributed by atoms with E-state index in [1.54, 1.807) is 0 Å². The summed E-state index contributed by atoms with van der Waals surface area (Å²) in [7, 11) is 0. The second-order valence-corrected chi connectivity index (χ2v) is 6.74. The Morgan fingerprint density at radius 1 is 1.21 bits per heavy atom. The molecule has 2 unspecified atom stereocenters. The highest BCUT2D eigenvalue weighted by atomic mass is 16.5. The molecule has 3 rings (SSSR count). The fraction of sp³-hybridized carbons (Fsp3) is 0.632. The van der Waals surface area contributed by atoms with Gasteiger partial charge in [-0.05, 0) is 31.4 Å². The Morgan fingerprint density at radius 2 is 1.96 bits per heavy atom. The molecule has 1 amide bonds. The smallest absolute Gasteiger partial charge is 0.224 e. The lowest BCUT2D eigenvalue weighted by Gasteiger charge is -2.29. The maximum absolute atomic E-state index is 12.3. The van der Waals surface area contributed by atoms with Gasteiger partial charge in [0.1, 0.15) is 0 Å². The number of rotatable bonds is 6. The number of carbonyl (C=O) groups is 1. The van der Waals surface area contributed by atoms with Crippen LogP contribution in [0.2, 0.25) is 0 Å². The fourth-order valence-electron chi connectivity index (χ4n) is 3.74. The van der Waals surface area contributed by atoms with Crippen molar-refractivity contribution in [3.05, 3.63) is 35.9 Å². The Hall–Kier alpha value is -1.43. The number of hydrogen-bond acceptors (Lipinski definition) is 4. The number of morpholine rings is 1. The quantitative estimate of drug-likeness (QED) is 0.863. The highest BCUT2D eigenvalue weighted by Crippen LogP contribution is 2.27. The summed E-state index contributed by atoms with van der Waals surface area (Å²) in [4.78, 5) is 16.6. The van der Waals surface area contributed by atoms with Crippen molar-refractivity contribution in [1.82, 2.24) is 9.80 Å². The lowest BCUT2D eigenvalue weighted by molar-refractivity contribution is -0.135. The third-order valence-corrected chi connectivity index (χ3v) is 5.16. The van der Waals surface area contributed by atoms with Crippen molar-refractivity contribution in [2.75, 3.05) is 39.4 Å². The first-order valence-corrected chi connectivity index (χ1v) is 9.06. The third-order valence-electron chi connectivity index (χ3n) is 5.16. The van der Waals surface area contributed by atoms with Crippen LogP contribution in [0.3, 0.4) is 0 Å². The predicted octanol–water partition coefficient (Wildman–Crippen LogP) is 1.82. The number of ether oxygens (including phenoxy) is 1. The van der Waals surface area contributed by atoms with Gasteiger partial charge in [-0.3, -0.25) is 9.69 Å². The number of likely N-dealkylation sites (tertiary alicyclic amines) is 1. The second-order valence-electron chi connectivity index (χ2n) is 6.74. The average molecular weight is 332 g/mol. The van der Waals surface area contributed by atoms with Gasteiger partial charge in [-0.2, -0.15) is 0 Å². The van der Waals surface area contributed by atoms with Gasteiger partial charge >= 0.3 is 0 Å². The molecule has 2 fully saturated rings. The zero-order valence-electron chi connectivity index (χ0n) is 14.3. The van der Waals surface area contributed by atoms with Gasteiger partial charge < -0.3 is 14.7 Å². The summed E-state index contributed by atoms with van der Waals surface area (Å²) >= 11 is 0. The van der Waals surface area contributed by atoms with Crippen molar-refractivity contribution >= 4 is 5.91 Å². The molecular weight excluding hydrogens is 304 g/mol. The molecule has 1 N–H and O–H groups in total. The van der Waals surface area contributed by atoms with Gasteiger partial charge in [-0.25, -0.2) is 0 Å². The molecule has 0 aromatic heterocycles. The average Bonchev–Trinajstić information content (AvgIpc) is 3.08. The maximum atomic E-state index is 12.3. The normalized spacial score (nSPS) is 23.4. The molecule has 1 aromatic rings. The standard InChI is InChI=1S/C19H28N2O3/c22-18(16-5-2-1-3-6-16)15-17-7-4-9-20(17)10-8-19(23)21-11-13-24-14-12-21/h1-3,5-6,17-18,22H,4,7-15H2. The number of aliphatic hydroxyl groups is 1. The summed E-state index contributed by atoms with van der Waals surface area (Å²) in [6, 6.07) is 10.2. The van der Waals surface area contributed by atoms with Crippen LogP contribution < -0.4 is 0 Å². The predicted molar refractivity (Wildman–Crippen MR) is 92.6 cm³/mol. The first kappa shape index (κ1) is 17.4. The number of amides is 1. The first-order chi connectivity index (χ1) is 11.7. The van der Waals surface area contributed by atoms with Gasteiger partial charge in [0, 0.05) is 32.1 Å². The highest BCUT2D eigenvalue weighted by Gasteiger charge is 2.28. The van der Waals surface area contributed by atoms with Crippen LogP contribution in [0.1, 0.15) is 37.4 Å². The van der Waals surface area contributed by atoms with Crippen molar-refractivity contribution in [3.8, 4) is 0 Å². The van der Waals surface area contributed by atoms with E-state index in [9.17, 15) is 9.90 Å². The molecule has 2 heterocycles. The van der Waals surface area contributed by atoms with Gasteiger partial charge in [0.25, 0.3) is 0 Å². The van der Waals surface area contributed by atoms with E-state index in [-0.39, 0.29) is 5.91 Å². The van der Waals surface area contributed by atoms with Crippen LogP contribution in [0.4, 0.5) is 0 Å². The van der Waals surface area contributed by atoms with Crippen LogP contribution in [0.5, 0.6) is 0 Å². The van der Waals surface area contributed by atoms with E-state index in [1.807, 2.05) is 35.2 Å². The Morgan fingerprint density at radius 3 is 2.71 bits per heavy atom. The molecule has 132 valence electrons. The molecule has 24 heavy (non-hydrogen) atoms. The van der Waals surface area contributed by atoms with Gasteiger partial charge in [0.05, 0.1) is 19.3 Å². The second kappa shape index (κ2) is 8.60. The van der Waals surface area contributed by atoms with E-state index < -0.39 is 6.10 Å². The molecule has 5 nitrogen and oxygen atoms in total. The molecule has 2 aliphatic rings. The first-order valence-electron chi connectivity index (χ1n) is 9.06. The Bertz CT molecular complexity index is 517. The minimum atomic E-state index is -0.424. The maximum Gasteiger partial charge on any atom is 0.224 e. The Kier molecular flexibility index (Phi) is 6.24. The molecule has 2 aliphatic heterocycles. The van der Waals surface area contributed by atoms with Crippen molar-refractivity contribution in [2.24, 2.45) is 0 Å². The number of nitrogens with zero attached hydrogens (tertiary/aromatic N) is 2. The Labute approximate surface area is 144 Å². The molecule has 0 radical (unpaired) electrons. The molecule has 2 saturated heterocycles. The van der Waals surface area contributed by atoms with Crippen LogP contribution in [0, 0.1) is 0 Å². The number of benzene rings is 1. The Balaban J connectivity index is 1.47. The van der Waals surface area contributed by atoms with Crippen LogP contribution in [-0.2, 0) is 9.53 Å². The minimum Gasteiger partial charge on any atom is -0.388 e. The number of carbonyl (C=O) groups excluding carboxylic acids is 1. The summed E-state index contributed by atoms with van der Waals surface area (Å²) < 4.78 is 5.30. The molecule has 5 heteroatoms. The minimum absolute atomic E-state index is 0.229. The number of hydrogen-bond donors (Lipinski definition) is 1. The summed E-state index contributed by atoms with van der Waals surface area (Å²) in [6.45, 7) is 4.57. The lowest BCUT2D eigenvalue weighted by atomic mass is 10.0. The zero-order chi connectivity index (χ0) is 16.8. The van der Waals surface area contributed by atoms with Crippen molar-refractivity contribution in [2.45, 2.75) is 37.8 Å². The van der Waals surface area contributed by atoms with Crippen molar-refractivity contribution in [3.63, 3.8) is 0 Å². The van der Waals surface area contributed by atoms with E-state index >= 15 is 0 Å². The summed E-state index contributed by atoms with van der Waals surface area (Å²) in [5.74, 6) is 0.229. The van der Waals surface area contributed by atoms with Crippen LogP contribution in [-0.4, -0.2) is 66.2 Å².